The SMILES string of the molecule is Brc1ccc(-c2cc(Br)cs2)cc1. The van der Waals surface area contributed by atoms with Crippen LogP contribution >= 0.6 is 43.2 Å². The molecular formula is C10H6Br2S. The maximum absolute atomic E-state index is 3.45. The molecule has 0 bridgehead atoms. The average molecular weight is 318 g/mol. The molecule has 1 aromatic carbocycles. The largest absolute Gasteiger partial charge is 0.143 e. The molecule has 3 heteroatoms. The summed E-state index contributed by atoms with van der Waals surface area (Å²) in [6.45, 7) is 0. The highest BCUT2D eigenvalue weighted by molar-refractivity contribution is 9.10. The zero-order chi connectivity index (χ0) is 9.26. The summed E-state index contributed by atoms with van der Waals surface area (Å²) in [4.78, 5) is 1.29. The van der Waals surface area contributed by atoms with Crippen LogP contribution in [0.2, 0.25) is 0 Å². The first-order chi connectivity index (χ1) is 6.25. The van der Waals surface area contributed by atoms with Gasteiger partial charge in [0.2, 0.25) is 0 Å². The van der Waals surface area contributed by atoms with Gasteiger partial charge < -0.3 is 0 Å². The van der Waals surface area contributed by atoms with E-state index in [1.54, 1.807) is 11.3 Å². The third-order valence-electron chi connectivity index (χ3n) is 1.70. The Morgan fingerprint density at radius 2 is 1.62 bits per heavy atom. The monoisotopic (exact) mass is 316 g/mol. The van der Waals surface area contributed by atoms with Gasteiger partial charge in [0.25, 0.3) is 0 Å². The third kappa shape index (κ3) is 2.22. The average Bonchev–Trinajstić information content (AvgIpc) is 2.53. The highest BCUT2D eigenvalue weighted by Gasteiger charge is 1.99. The minimum atomic E-state index is 1.12. The van der Waals surface area contributed by atoms with Gasteiger partial charge in [0, 0.05) is 19.2 Å². The molecule has 0 spiro atoms. The van der Waals surface area contributed by atoms with Gasteiger partial charge >= 0.3 is 0 Å². The zero-order valence-corrected chi connectivity index (χ0v) is 10.6. The molecule has 66 valence electrons. The van der Waals surface area contributed by atoms with Crippen LogP contribution in [0.5, 0.6) is 0 Å². The van der Waals surface area contributed by atoms with Crippen molar-refractivity contribution in [2.75, 3.05) is 0 Å². The third-order valence-corrected chi connectivity index (χ3v) is 3.97. The summed E-state index contributed by atoms with van der Waals surface area (Å²) in [5.74, 6) is 0. The van der Waals surface area contributed by atoms with E-state index in [1.165, 1.54) is 10.4 Å². The van der Waals surface area contributed by atoms with Crippen molar-refractivity contribution in [3.05, 3.63) is 44.7 Å². The van der Waals surface area contributed by atoms with Gasteiger partial charge in [-0.05, 0) is 39.7 Å². The molecule has 2 aromatic rings. The molecule has 0 atom stereocenters. The van der Waals surface area contributed by atoms with E-state index in [2.05, 4.69) is 67.6 Å². The molecule has 0 saturated heterocycles. The fourth-order valence-electron chi connectivity index (χ4n) is 1.08. The number of hydrogen-bond donors (Lipinski definition) is 0. The lowest BCUT2D eigenvalue weighted by Crippen LogP contribution is -1.70. The summed E-state index contributed by atoms with van der Waals surface area (Å²) in [7, 11) is 0. The Morgan fingerprint density at radius 3 is 2.15 bits per heavy atom. The molecule has 1 heterocycles. The van der Waals surface area contributed by atoms with Gasteiger partial charge in [0.15, 0.2) is 0 Å². The van der Waals surface area contributed by atoms with Crippen molar-refractivity contribution in [3.63, 3.8) is 0 Å². The summed E-state index contributed by atoms with van der Waals surface area (Å²) in [6, 6.07) is 10.5. The van der Waals surface area contributed by atoms with Crippen LogP contribution < -0.4 is 0 Å². The van der Waals surface area contributed by atoms with Gasteiger partial charge in [0.05, 0.1) is 0 Å². The smallest absolute Gasteiger partial charge is 0.0354 e. The second kappa shape index (κ2) is 3.95. The Bertz CT molecular complexity index is 403. The van der Waals surface area contributed by atoms with E-state index in [1.807, 2.05) is 0 Å². The van der Waals surface area contributed by atoms with Crippen LogP contribution in [0.25, 0.3) is 10.4 Å². The van der Waals surface area contributed by atoms with Crippen molar-refractivity contribution in [2.45, 2.75) is 0 Å². The Morgan fingerprint density at radius 1 is 0.923 bits per heavy atom. The number of thiophene rings is 1. The van der Waals surface area contributed by atoms with Crippen molar-refractivity contribution in [2.24, 2.45) is 0 Å². The first kappa shape index (κ1) is 9.44. The first-order valence-electron chi connectivity index (χ1n) is 3.76. The van der Waals surface area contributed by atoms with Gasteiger partial charge in [-0.25, -0.2) is 0 Å². The van der Waals surface area contributed by atoms with Crippen LogP contribution in [0.4, 0.5) is 0 Å². The molecule has 13 heavy (non-hydrogen) atoms. The Hall–Kier alpha value is -0.120. The van der Waals surface area contributed by atoms with Gasteiger partial charge in [-0.1, -0.05) is 28.1 Å². The normalized spacial score (nSPS) is 10.3. The first-order valence-corrected chi connectivity index (χ1v) is 6.22. The van der Waals surface area contributed by atoms with Crippen molar-refractivity contribution in [3.8, 4) is 10.4 Å². The van der Waals surface area contributed by atoms with E-state index >= 15 is 0 Å². The molecule has 0 unspecified atom stereocenters. The van der Waals surface area contributed by atoms with E-state index in [-0.39, 0.29) is 0 Å². The maximum atomic E-state index is 3.45. The quantitative estimate of drug-likeness (QED) is 0.699. The Labute approximate surface area is 97.9 Å². The number of halogens is 2. The van der Waals surface area contributed by atoms with Crippen molar-refractivity contribution in [1.82, 2.24) is 0 Å². The molecule has 0 aliphatic carbocycles. The predicted molar refractivity (Wildman–Crippen MR) is 65.2 cm³/mol. The molecule has 0 nitrogen and oxygen atoms in total. The van der Waals surface area contributed by atoms with Gasteiger partial charge in [-0.2, -0.15) is 0 Å². The number of hydrogen-bond acceptors (Lipinski definition) is 1. The lowest BCUT2D eigenvalue weighted by molar-refractivity contribution is 1.64. The molecule has 0 amide bonds. The molecule has 1 aromatic heterocycles. The fraction of sp³-hybridized carbons (Fsp3) is 0. The predicted octanol–water partition coefficient (Wildman–Crippen LogP) is 4.94. The highest BCUT2D eigenvalue weighted by Crippen LogP contribution is 2.30. The van der Waals surface area contributed by atoms with Crippen molar-refractivity contribution < 1.29 is 0 Å². The molecule has 0 radical (unpaired) electrons. The molecule has 0 aliphatic rings. The molecule has 2 rings (SSSR count). The molecule has 0 fully saturated rings. The molecular weight excluding hydrogens is 312 g/mol. The molecule has 0 N–H and O–H groups in total. The maximum Gasteiger partial charge on any atom is 0.0354 e. The standard InChI is InChI=1S/C10H6Br2S/c11-8-3-1-7(2-4-8)10-5-9(12)6-13-10/h1-6H. The van der Waals surface area contributed by atoms with Crippen molar-refractivity contribution >= 4 is 43.2 Å². The summed E-state index contributed by atoms with van der Waals surface area (Å²) in [5.41, 5.74) is 1.26. The lowest BCUT2D eigenvalue weighted by atomic mass is 10.2. The van der Waals surface area contributed by atoms with E-state index in [0.29, 0.717) is 0 Å². The molecule has 0 saturated carbocycles. The van der Waals surface area contributed by atoms with Crippen LogP contribution in [0.3, 0.4) is 0 Å². The van der Waals surface area contributed by atoms with Crippen LogP contribution in [0.1, 0.15) is 0 Å². The highest BCUT2D eigenvalue weighted by atomic mass is 79.9. The van der Waals surface area contributed by atoms with Gasteiger partial charge in [-0.15, -0.1) is 11.3 Å². The van der Waals surface area contributed by atoms with Gasteiger partial charge in [0.1, 0.15) is 0 Å². The molecule has 0 aliphatic heterocycles. The van der Waals surface area contributed by atoms with E-state index in [9.17, 15) is 0 Å². The Balaban J connectivity index is 2.41. The van der Waals surface area contributed by atoms with Crippen molar-refractivity contribution in [1.29, 1.82) is 0 Å². The van der Waals surface area contributed by atoms with Gasteiger partial charge in [-0.3, -0.25) is 0 Å². The summed E-state index contributed by atoms with van der Waals surface area (Å²) < 4.78 is 2.27. The number of rotatable bonds is 1. The zero-order valence-electron chi connectivity index (χ0n) is 6.63. The summed E-state index contributed by atoms with van der Waals surface area (Å²) >= 11 is 8.61. The minimum absolute atomic E-state index is 1.12. The summed E-state index contributed by atoms with van der Waals surface area (Å²) in [5, 5.41) is 2.09. The minimum Gasteiger partial charge on any atom is -0.143 e. The lowest BCUT2D eigenvalue weighted by Gasteiger charge is -1.96. The second-order valence-corrected chi connectivity index (χ2v) is 5.38. The topological polar surface area (TPSA) is 0 Å². The van der Waals surface area contributed by atoms with Crippen LogP contribution in [0, 0.1) is 0 Å². The fourth-order valence-corrected chi connectivity index (χ4v) is 2.78. The van der Waals surface area contributed by atoms with E-state index in [0.717, 1.165) is 8.95 Å². The van der Waals surface area contributed by atoms with E-state index in [4.69, 9.17) is 0 Å². The second-order valence-electron chi connectivity index (χ2n) is 2.64. The number of benzene rings is 1. The summed E-state index contributed by atoms with van der Waals surface area (Å²) in [6.07, 6.45) is 0. The van der Waals surface area contributed by atoms with Crippen LogP contribution in [0.15, 0.2) is 44.7 Å². The van der Waals surface area contributed by atoms with E-state index < -0.39 is 0 Å². The Kier molecular flexibility index (Phi) is 2.86. The van der Waals surface area contributed by atoms with Crippen LogP contribution in [-0.2, 0) is 0 Å². The van der Waals surface area contributed by atoms with Crippen LogP contribution in [-0.4, -0.2) is 0 Å².